The molecule has 1 saturated heterocycles. The highest BCUT2D eigenvalue weighted by atomic mass is 32.2. The molecule has 2 amide bonds. The second-order valence-electron chi connectivity index (χ2n) is 10.6. The Kier molecular flexibility index (Phi) is 11.4. The number of likely N-dealkylation sites (tertiary alicyclic amines) is 1. The Morgan fingerprint density at radius 1 is 1.11 bits per heavy atom. The van der Waals surface area contributed by atoms with Crippen LogP contribution >= 0.6 is 11.3 Å². The van der Waals surface area contributed by atoms with Gasteiger partial charge >= 0.3 is 0 Å². The summed E-state index contributed by atoms with van der Waals surface area (Å²) in [6, 6.07) is 11.9. The van der Waals surface area contributed by atoms with Crippen molar-refractivity contribution in [3.05, 3.63) is 57.8 Å². The zero-order valence-corrected chi connectivity index (χ0v) is 24.9. The highest BCUT2D eigenvalue weighted by molar-refractivity contribution is 7.89. The molecule has 0 bridgehead atoms. The van der Waals surface area contributed by atoms with Crippen molar-refractivity contribution < 1.29 is 18.0 Å². The van der Waals surface area contributed by atoms with E-state index in [1.165, 1.54) is 4.31 Å². The number of benzene rings is 1. The third kappa shape index (κ3) is 8.64. The maximum Gasteiger partial charge on any atom is 0.238 e. The summed E-state index contributed by atoms with van der Waals surface area (Å²) in [7, 11) is -3.52. The maximum absolute atomic E-state index is 13.8. The van der Waals surface area contributed by atoms with Crippen molar-refractivity contribution in [1.29, 1.82) is 0 Å². The number of nitrogens with zero attached hydrogens (tertiary/aromatic N) is 3. The van der Waals surface area contributed by atoms with Crippen molar-refractivity contribution in [3.8, 4) is 0 Å². The number of rotatable bonds is 13. The van der Waals surface area contributed by atoms with Crippen LogP contribution in [0, 0.1) is 12.8 Å². The first-order chi connectivity index (χ1) is 18.1. The van der Waals surface area contributed by atoms with E-state index >= 15 is 0 Å². The molecule has 1 aliphatic heterocycles. The van der Waals surface area contributed by atoms with E-state index in [4.69, 9.17) is 0 Å². The van der Waals surface area contributed by atoms with Gasteiger partial charge in [-0.3, -0.25) is 9.59 Å². The third-order valence-electron chi connectivity index (χ3n) is 7.21. The molecule has 0 N–H and O–H groups in total. The lowest BCUT2D eigenvalue weighted by Crippen LogP contribution is -2.51. The molecule has 2 aromatic rings. The minimum absolute atomic E-state index is 0.0426. The normalized spacial score (nSPS) is 14.8. The van der Waals surface area contributed by atoms with E-state index in [0.29, 0.717) is 64.2 Å². The molecule has 9 heteroatoms. The molecule has 7 nitrogen and oxygen atoms in total. The lowest BCUT2D eigenvalue weighted by molar-refractivity contribution is -0.137. The Hall–Kier alpha value is -2.23. The number of amides is 2. The molecule has 1 aliphatic rings. The minimum Gasteiger partial charge on any atom is -0.342 e. The number of sulfonamides is 1. The molecule has 0 unspecified atom stereocenters. The summed E-state index contributed by atoms with van der Waals surface area (Å²) in [4.78, 5) is 31.5. The van der Waals surface area contributed by atoms with E-state index in [-0.39, 0.29) is 30.2 Å². The summed E-state index contributed by atoms with van der Waals surface area (Å²) in [5, 5.41) is 1.98. The van der Waals surface area contributed by atoms with E-state index in [1.807, 2.05) is 65.4 Å². The Balaban J connectivity index is 1.76. The zero-order chi connectivity index (χ0) is 27.7. The van der Waals surface area contributed by atoms with Gasteiger partial charge in [-0.05, 0) is 61.1 Å². The van der Waals surface area contributed by atoms with Crippen LogP contribution < -0.4 is 0 Å². The lowest BCUT2D eigenvalue weighted by Gasteiger charge is -2.39. The van der Waals surface area contributed by atoms with Crippen LogP contribution in [-0.4, -0.2) is 72.3 Å². The minimum atomic E-state index is -3.52. The van der Waals surface area contributed by atoms with Gasteiger partial charge in [-0.1, -0.05) is 51.1 Å². The highest BCUT2D eigenvalue weighted by Gasteiger charge is 2.33. The monoisotopic (exact) mass is 561 g/mol. The molecule has 210 valence electrons. The van der Waals surface area contributed by atoms with Crippen molar-refractivity contribution >= 4 is 33.2 Å². The van der Waals surface area contributed by atoms with Gasteiger partial charge in [0.1, 0.15) is 0 Å². The SMILES string of the molecule is CCCS(=O)(=O)N(CCC(C)C)CC(=O)N(Cc1ccccc1C)C1CCN(C(=O)Cc2cccs2)CC1. The van der Waals surface area contributed by atoms with Gasteiger partial charge in [-0.25, -0.2) is 8.42 Å². The average molecular weight is 562 g/mol. The van der Waals surface area contributed by atoms with Gasteiger partial charge in [-0.15, -0.1) is 11.3 Å². The number of carbonyl (C=O) groups excluding carboxylic acids is 2. The molecule has 1 fully saturated rings. The summed E-state index contributed by atoms with van der Waals surface area (Å²) >= 11 is 1.59. The molecule has 3 rings (SSSR count). The first kappa shape index (κ1) is 30.3. The van der Waals surface area contributed by atoms with Gasteiger partial charge in [0, 0.05) is 37.1 Å². The van der Waals surface area contributed by atoms with Crippen LogP contribution in [0.15, 0.2) is 41.8 Å². The zero-order valence-electron chi connectivity index (χ0n) is 23.3. The van der Waals surface area contributed by atoms with Crippen LogP contribution in [0.5, 0.6) is 0 Å². The van der Waals surface area contributed by atoms with Crippen LogP contribution in [0.3, 0.4) is 0 Å². The van der Waals surface area contributed by atoms with Gasteiger partial charge < -0.3 is 9.80 Å². The summed E-state index contributed by atoms with van der Waals surface area (Å²) in [6.45, 7) is 9.83. The van der Waals surface area contributed by atoms with Crippen molar-refractivity contribution in [3.63, 3.8) is 0 Å². The summed E-state index contributed by atoms with van der Waals surface area (Å²) in [5.74, 6) is 0.331. The van der Waals surface area contributed by atoms with E-state index in [0.717, 1.165) is 16.0 Å². The van der Waals surface area contributed by atoms with Crippen LogP contribution in [0.1, 0.15) is 62.5 Å². The molecule has 1 aromatic heterocycles. The summed E-state index contributed by atoms with van der Waals surface area (Å²) in [6.07, 6.45) is 3.00. The van der Waals surface area contributed by atoms with Crippen molar-refractivity contribution in [2.45, 2.75) is 72.4 Å². The van der Waals surface area contributed by atoms with Crippen LogP contribution in [0.25, 0.3) is 0 Å². The predicted octanol–water partition coefficient (Wildman–Crippen LogP) is 4.71. The predicted molar refractivity (Wildman–Crippen MR) is 154 cm³/mol. The van der Waals surface area contributed by atoms with E-state index in [1.54, 1.807) is 11.3 Å². The quantitative estimate of drug-likeness (QED) is 0.355. The number of thiophene rings is 1. The molecular formula is C29H43N3O4S2. The van der Waals surface area contributed by atoms with Crippen molar-refractivity contribution in [1.82, 2.24) is 14.1 Å². The number of hydrogen-bond acceptors (Lipinski definition) is 5. The van der Waals surface area contributed by atoms with Gasteiger partial charge in [0.05, 0.1) is 18.7 Å². The maximum atomic E-state index is 13.8. The molecule has 0 aliphatic carbocycles. The molecule has 0 radical (unpaired) electrons. The smallest absolute Gasteiger partial charge is 0.238 e. The van der Waals surface area contributed by atoms with Crippen molar-refractivity contribution in [2.24, 2.45) is 5.92 Å². The van der Waals surface area contributed by atoms with Gasteiger partial charge in [-0.2, -0.15) is 4.31 Å². The van der Waals surface area contributed by atoms with Crippen LogP contribution in [-0.2, 0) is 32.6 Å². The number of carbonyl (C=O) groups is 2. The van der Waals surface area contributed by atoms with Gasteiger partial charge in [0.25, 0.3) is 0 Å². The molecule has 0 spiro atoms. The van der Waals surface area contributed by atoms with E-state index < -0.39 is 10.0 Å². The Bertz CT molecular complexity index is 1140. The van der Waals surface area contributed by atoms with Gasteiger partial charge in [0.15, 0.2) is 0 Å². The summed E-state index contributed by atoms with van der Waals surface area (Å²) in [5.41, 5.74) is 2.16. The van der Waals surface area contributed by atoms with Gasteiger partial charge in [0.2, 0.25) is 21.8 Å². The Morgan fingerprint density at radius 2 is 1.82 bits per heavy atom. The fourth-order valence-electron chi connectivity index (χ4n) is 4.84. The second-order valence-corrected chi connectivity index (χ2v) is 13.8. The molecule has 1 aromatic carbocycles. The average Bonchev–Trinajstić information content (AvgIpc) is 3.39. The number of hydrogen-bond donors (Lipinski definition) is 0. The fraction of sp³-hybridized carbons (Fsp3) is 0.586. The highest BCUT2D eigenvalue weighted by Crippen LogP contribution is 2.23. The summed E-state index contributed by atoms with van der Waals surface area (Å²) < 4.78 is 27.5. The fourth-order valence-corrected chi connectivity index (χ4v) is 7.00. The Morgan fingerprint density at radius 3 is 2.42 bits per heavy atom. The molecule has 0 atom stereocenters. The standard InChI is InChI=1S/C29H43N3O4S2/c1-5-19-38(35,36)31(17-12-23(2)3)22-29(34)32(21-25-10-7-6-9-24(25)4)26-13-15-30(16-14-26)28(33)20-27-11-8-18-37-27/h6-11,18,23,26H,5,12-17,19-22H2,1-4H3. The van der Waals surface area contributed by atoms with Crippen LogP contribution in [0.4, 0.5) is 0 Å². The number of aryl methyl sites for hydroxylation is 1. The topological polar surface area (TPSA) is 78.0 Å². The Labute approximate surface area is 232 Å². The first-order valence-corrected chi connectivity index (χ1v) is 16.2. The second kappa shape index (κ2) is 14.2. The number of piperidine rings is 1. The lowest BCUT2D eigenvalue weighted by atomic mass is 10.0. The molecule has 38 heavy (non-hydrogen) atoms. The largest absolute Gasteiger partial charge is 0.342 e. The third-order valence-corrected chi connectivity index (χ3v) is 10.1. The van der Waals surface area contributed by atoms with Crippen molar-refractivity contribution in [2.75, 3.05) is 31.9 Å². The molecule has 0 saturated carbocycles. The van der Waals surface area contributed by atoms with E-state index in [9.17, 15) is 18.0 Å². The van der Waals surface area contributed by atoms with Crippen LogP contribution in [0.2, 0.25) is 0 Å². The molecular weight excluding hydrogens is 518 g/mol. The first-order valence-electron chi connectivity index (χ1n) is 13.7. The van der Waals surface area contributed by atoms with E-state index in [2.05, 4.69) is 13.8 Å². The molecule has 2 heterocycles.